The highest BCUT2D eigenvalue weighted by Crippen LogP contribution is 2.27. The summed E-state index contributed by atoms with van der Waals surface area (Å²) >= 11 is 0. The Morgan fingerprint density at radius 2 is 1.94 bits per heavy atom. The molecular formula is C13H19N3O2. The second-order valence-corrected chi connectivity index (χ2v) is 4.88. The standard InChI is InChI=1S/C13H19N3O2/c1-9-7-10(2)13(16(17)18)8-12(9)15-11-3-5-14-6-4-11/h7-8,11,14-15H,3-6H2,1-2H3. The van der Waals surface area contributed by atoms with Crippen molar-refractivity contribution < 1.29 is 4.92 Å². The first-order valence-corrected chi connectivity index (χ1v) is 6.31. The number of hydrogen-bond acceptors (Lipinski definition) is 4. The lowest BCUT2D eigenvalue weighted by molar-refractivity contribution is -0.385. The molecule has 1 saturated heterocycles. The quantitative estimate of drug-likeness (QED) is 0.637. The van der Waals surface area contributed by atoms with Gasteiger partial charge in [0.05, 0.1) is 4.92 Å². The van der Waals surface area contributed by atoms with E-state index in [0.29, 0.717) is 11.6 Å². The molecule has 0 aromatic heterocycles. The fraction of sp³-hybridized carbons (Fsp3) is 0.538. The average molecular weight is 249 g/mol. The van der Waals surface area contributed by atoms with Crippen molar-refractivity contribution in [3.63, 3.8) is 0 Å². The number of piperidine rings is 1. The van der Waals surface area contributed by atoms with Gasteiger partial charge in [-0.05, 0) is 51.4 Å². The predicted octanol–water partition coefficient (Wildman–Crippen LogP) is 2.38. The molecule has 0 amide bonds. The van der Waals surface area contributed by atoms with Gasteiger partial charge < -0.3 is 10.6 Å². The first kappa shape index (κ1) is 12.8. The Bertz CT molecular complexity index is 454. The molecule has 0 radical (unpaired) electrons. The van der Waals surface area contributed by atoms with Crippen LogP contribution in [0.3, 0.4) is 0 Å². The van der Waals surface area contributed by atoms with Gasteiger partial charge in [0.25, 0.3) is 5.69 Å². The zero-order chi connectivity index (χ0) is 13.1. The van der Waals surface area contributed by atoms with E-state index >= 15 is 0 Å². The molecule has 2 N–H and O–H groups in total. The summed E-state index contributed by atoms with van der Waals surface area (Å²) in [5.41, 5.74) is 2.86. The van der Waals surface area contributed by atoms with E-state index < -0.39 is 0 Å². The summed E-state index contributed by atoms with van der Waals surface area (Å²) < 4.78 is 0. The molecule has 1 heterocycles. The number of nitro groups is 1. The van der Waals surface area contributed by atoms with Crippen LogP contribution in [0.5, 0.6) is 0 Å². The molecule has 1 fully saturated rings. The van der Waals surface area contributed by atoms with E-state index in [1.54, 1.807) is 13.0 Å². The predicted molar refractivity (Wildman–Crippen MR) is 72.1 cm³/mol. The van der Waals surface area contributed by atoms with Gasteiger partial charge in [-0.2, -0.15) is 0 Å². The van der Waals surface area contributed by atoms with E-state index in [-0.39, 0.29) is 10.6 Å². The summed E-state index contributed by atoms with van der Waals surface area (Å²) in [6.45, 7) is 5.77. The highest BCUT2D eigenvalue weighted by atomic mass is 16.6. The lowest BCUT2D eigenvalue weighted by Gasteiger charge is -2.25. The van der Waals surface area contributed by atoms with Crippen LogP contribution in [0.2, 0.25) is 0 Å². The molecule has 0 bridgehead atoms. The number of benzene rings is 1. The Morgan fingerprint density at radius 3 is 2.56 bits per heavy atom. The van der Waals surface area contributed by atoms with E-state index in [9.17, 15) is 10.1 Å². The van der Waals surface area contributed by atoms with Gasteiger partial charge in [-0.25, -0.2) is 0 Å². The second-order valence-electron chi connectivity index (χ2n) is 4.88. The SMILES string of the molecule is Cc1cc(C)c([N+](=O)[O-])cc1NC1CCNCC1. The molecule has 1 aromatic rings. The van der Waals surface area contributed by atoms with Gasteiger partial charge in [0.15, 0.2) is 0 Å². The first-order valence-electron chi connectivity index (χ1n) is 6.31. The van der Waals surface area contributed by atoms with Crippen molar-refractivity contribution in [2.75, 3.05) is 18.4 Å². The van der Waals surface area contributed by atoms with Gasteiger partial charge in [-0.15, -0.1) is 0 Å². The van der Waals surface area contributed by atoms with E-state index in [1.807, 2.05) is 13.0 Å². The van der Waals surface area contributed by atoms with Crippen molar-refractivity contribution >= 4 is 11.4 Å². The molecule has 18 heavy (non-hydrogen) atoms. The third-order valence-corrected chi connectivity index (χ3v) is 3.44. The fourth-order valence-corrected chi connectivity index (χ4v) is 2.38. The highest BCUT2D eigenvalue weighted by molar-refractivity contribution is 5.60. The number of rotatable bonds is 3. The zero-order valence-electron chi connectivity index (χ0n) is 10.8. The van der Waals surface area contributed by atoms with Crippen molar-refractivity contribution in [2.45, 2.75) is 32.7 Å². The summed E-state index contributed by atoms with van der Waals surface area (Å²) in [6.07, 6.45) is 2.11. The van der Waals surface area contributed by atoms with Gasteiger partial charge in [0.2, 0.25) is 0 Å². The van der Waals surface area contributed by atoms with Gasteiger partial charge in [-0.3, -0.25) is 10.1 Å². The summed E-state index contributed by atoms with van der Waals surface area (Å²) in [7, 11) is 0. The van der Waals surface area contributed by atoms with Crippen molar-refractivity contribution in [3.8, 4) is 0 Å². The summed E-state index contributed by atoms with van der Waals surface area (Å²) in [6, 6.07) is 3.95. The van der Waals surface area contributed by atoms with Crippen LogP contribution in [-0.2, 0) is 0 Å². The minimum Gasteiger partial charge on any atom is -0.382 e. The van der Waals surface area contributed by atoms with Crippen molar-refractivity contribution in [1.29, 1.82) is 0 Å². The topological polar surface area (TPSA) is 67.2 Å². The molecule has 0 saturated carbocycles. The maximum atomic E-state index is 10.9. The van der Waals surface area contributed by atoms with Gasteiger partial charge in [0.1, 0.15) is 0 Å². The smallest absolute Gasteiger partial charge is 0.274 e. The Morgan fingerprint density at radius 1 is 1.28 bits per heavy atom. The highest BCUT2D eigenvalue weighted by Gasteiger charge is 2.17. The van der Waals surface area contributed by atoms with Crippen LogP contribution in [0.1, 0.15) is 24.0 Å². The number of nitrogens with one attached hydrogen (secondary N) is 2. The van der Waals surface area contributed by atoms with Crippen molar-refractivity contribution in [2.24, 2.45) is 0 Å². The van der Waals surface area contributed by atoms with Crippen LogP contribution in [0.15, 0.2) is 12.1 Å². The maximum absolute atomic E-state index is 10.9. The third kappa shape index (κ3) is 2.79. The van der Waals surface area contributed by atoms with Gasteiger partial charge >= 0.3 is 0 Å². The van der Waals surface area contributed by atoms with Crippen LogP contribution >= 0.6 is 0 Å². The number of nitrogens with zero attached hydrogens (tertiary/aromatic N) is 1. The van der Waals surface area contributed by atoms with E-state index in [1.165, 1.54) is 0 Å². The summed E-state index contributed by atoms with van der Waals surface area (Å²) in [5, 5.41) is 17.7. The van der Waals surface area contributed by atoms with Crippen LogP contribution in [0.4, 0.5) is 11.4 Å². The zero-order valence-corrected chi connectivity index (χ0v) is 10.8. The molecule has 1 aromatic carbocycles. The summed E-state index contributed by atoms with van der Waals surface area (Å²) in [5.74, 6) is 0. The molecule has 1 aliphatic heterocycles. The molecule has 98 valence electrons. The molecule has 0 aliphatic carbocycles. The van der Waals surface area contributed by atoms with Crippen LogP contribution in [-0.4, -0.2) is 24.1 Å². The number of hydrogen-bond donors (Lipinski definition) is 2. The molecule has 0 spiro atoms. The first-order chi connectivity index (χ1) is 8.58. The second kappa shape index (κ2) is 5.35. The minimum absolute atomic E-state index is 0.192. The third-order valence-electron chi connectivity index (χ3n) is 3.44. The lowest BCUT2D eigenvalue weighted by Crippen LogP contribution is -2.35. The lowest BCUT2D eigenvalue weighted by atomic mass is 10.0. The van der Waals surface area contributed by atoms with Gasteiger partial charge in [0, 0.05) is 23.4 Å². The Hall–Kier alpha value is -1.62. The average Bonchev–Trinajstić information content (AvgIpc) is 2.33. The van der Waals surface area contributed by atoms with E-state index in [2.05, 4.69) is 10.6 Å². The molecule has 0 atom stereocenters. The molecule has 0 unspecified atom stereocenters. The molecule has 1 aliphatic rings. The van der Waals surface area contributed by atoms with Gasteiger partial charge in [-0.1, -0.05) is 0 Å². The molecule has 2 rings (SSSR count). The van der Waals surface area contributed by atoms with E-state index in [0.717, 1.165) is 37.2 Å². The Labute approximate surface area is 107 Å². The normalized spacial score (nSPS) is 16.6. The largest absolute Gasteiger partial charge is 0.382 e. The van der Waals surface area contributed by atoms with Crippen LogP contribution in [0.25, 0.3) is 0 Å². The summed E-state index contributed by atoms with van der Waals surface area (Å²) in [4.78, 5) is 10.6. The number of aryl methyl sites for hydroxylation is 2. The fourth-order valence-electron chi connectivity index (χ4n) is 2.38. The minimum atomic E-state index is -0.317. The molecular weight excluding hydrogens is 230 g/mol. The monoisotopic (exact) mass is 249 g/mol. The van der Waals surface area contributed by atoms with E-state index in [4.69, 9.17) is 0 Å². The van der Waals surface area contributed by atoms with Crippen LogP contribution in [0, 0.1) is 24.0 Å². The molecule has 5 heteroatoms. The number of anilines is 1. The van der Waals surface area contributed by atoms with Crippen molar-refractivity contribution in [3.05, 3.63) is 33.4 Å². The Balaban J connectivity index is 2.21. The molecule has 5 nitrogen and oxygen atoms in total. The maximum Gasteiger partial charge on any atom is 0.274 e. The number of nitro benzene ring substituents is 1. The Kier molecular flexibility index (Phi) is 3.81. The van der Waals surface area contributed by atoms with Crippen LogP contribution < -0.4 is 10.6 Å². The van der Waals surface area contributed by atoms with Crippen molar-refractivity contribution in [1.82, 2.24) is 5.32 Å².